The molecule has 2 N–H and O–H groups in total. The number of hydrogen-bond donors (Lipinski definition) is 2. The van der Waals surface area contributed by atoms with Gasteiger partial charge >= 0.3 is 0 Å². The molecule has 0 atom stereocenters. The summed E-state index contributed by atoms with van der Waals surface area (Å²) in [6.07, 6.45) is 3.80. The Hall–Kier alpha value is -0.420. The number of piperazine rings is 1. The summed E-state index contributed by atoms with van der Waals surface area (Å²) < 4.78 is 0. The van der Waals surface area contributed by atoms with E-state index in [0.29, 0.717) is 0 Å². The fraction of sp³-hybridized carbons (Fsp3) is 0.714. The molecule has 0 spiro atoms. The largest absolute Gasteiger partial charge is 0.316 e. The topological polar surface area (TPSA) is 27.3 Å². The van der Waals surface area contributed by atoms with Gasteiger partial charge in [0, 0.05) is 31.1 Å². The second kappa shape index (κ2) is 8.64. The number of nitrogens with zero attached hydrogens (tertiary/aromatic N) is 1. The molecule has 1 fully saturated rings. The van der Waals surface area contributed by atoms with Crippen LogP contribution in [0.2, 0.25) is 0 Å². The van der Waals surface area contributed by atoms with Gasteiger partial charge in [0.2, 0.25) is 0 Å². The van der Waals surface area contributed by atoms with Gasteiger partial charge in [0.25, 0.3) is 0 Å². The van der Waals surface area contributed by atoms with Gasteiger partial charge in [-0.15, -0.1) is 11.3 Å². The summed E-state index contributed by atoms with van der Waals surface area (Å²) in [6, 6.07) is 4.35. The Morgan fingerprint density at radius 3 is 2.89 bits per heavy atom. The number of nitrogens with one attached hydrogen (secondary N) is 2. The van der Waals surface area contributed by atoms with Gasteiger partial charge < -0.3 is 15.5 Å². The number of rotatable bonds is 8. The standard InChI is InChI=1S/C14H25N3S/c1(2-10-17-11-8-16-9-12-17)6-15-7-5-14-4-3-13-18-14/h3-4,13,15-16H,1-2,5-12H2. The molecule has 0 bridgehead atoms. The van der Waals surface area contributed by atoms with Crippen molar-refractivity contribution in [3.63, 3.8) is 0 Å². The van der Waals surface area contributed by atoms with Crippen molar-refractivity contribution < 1.29 is 0 Å². The highest BCUT2D eigenvalue weighted by molar-refractivity contribution is 7.09. The normalized spacial score (nSPS) is 17.1. The van der Waals surface area contributed by atoms with Gasteiger partial charge in [-0.3, -0.25) is 0 Å². The first-order chi connectivity index (χ1) is 8.95. The predicted octanol–water partition coefficient (Wildman–Crippen LogP) is 1.57. The molecule has 1 aliphatic rings. The molecule has 102 valence electrons. The minimum absolute atomic E-state index is 1.12. The molecule has 1 aromatic rings. The maximum Gasteiger partial charge on any atom is 0.0107 e. The van der Waals surface area contributed by atoms with Crippen LogP contribution in [0, 0.1) is 0 Å². The van der Waals surface area contributed by atoms with Gasteiger partial charge in [-0.1, -0.05) is 6.07 Å². The third-order valence-corrected chi connectivity index (χ3v) is 4.35. The Balaban J connectivity index is 1.39. The van der Waals surface area contributed by atoms with E-state index in [4.69, 9.17) is 0 Å². The van der Waals surface area contributed by atoms with E-state index in [2.05, 4.69) is 33.0 Å². The van der Waals surface area contributed by atoms with Crippen LogP contribution in [0.1, 0.15) is 17.7 Å². The predicted molar refractivity (Wildman–Crippen MR) is 79.4 cm³/mol. The average Bonchev–Trinajstić information content (AvgIpc) is 2.92. The van der Waals surface area contributed by atoms with E-state index in [1.807, 2.05) is 11.3 Å². The van der Waals surface area contributed by atoms with Crippen LogP contribution >= 0.6 is 11.3 Å². The summed E-state index contributed by atoms with van der Waals surface area (Å²) in [5, 5.41) is 9.09. The van der Waals surface area contributed by atoms with Crippen molar-refractivity contribution in [1.29, 1.82) is 0 Å². The van der Waals surface area contributed by atoms with Crippen molar-refractivity contribution in [2.45, 2.75) is 19.3 Å². The molecule has 2 rings (SSSR count). The summed E-state index contributed by atoms with van der Waals surface area (Å²) in [5.74, 6) is 0. The molecule has 0 aromatic carbocycles. The van der Waals surface area contributed by atoms with Gasteiger partial charge in [0.15, 0.2) is 0 Å². The summed E-state index contributed by atoms with van der Waals surface area (Å²) in [5.41, 5.74) is 0. The molecule has 0 radical (unpaired) electrons. The minimum atomic E-state index is 1.12. The molecular weight excluding hydrogens is 242 g/mol. The zero-order valence-corrected chi connectivity index (χ0v) is 12.0. The molecule has 0 unspecified atom stereocenters. The van der Waals surface area contributed by atoms with Gasteiger partial charge in [0.1, 0.15) is 0 Å². The Bertz CT molecular complexity index is 294. The smallest absolute Gasteiger partial charge is 0.0107 e. The monoisotopic (exact) mass is 267 g/mol. The third kappa shape index (κ3) is 5.48. The maximum absolute atomic E-state index is 3.54. The van der Waals surface area contributed by atoms with Gasteiger partial charge in [-0.2, -0.15) is 0 Å². The molecule has 0 aliphatic carbocycles. The lowest BCUT2D eigenvalue weighted by molar-refractivity contribution is 0.236. The van der Waals surface area contributed by atoms with Crippen LogP contribution in [-0.4, -0.2) is 50.7 Å². The van der Waals surface area contributed by atoms with Crippen LogP contribution in [0.25, 0.3) is 0 Å². The van der Waals surface area contributed by atoms with Gasteiger partial charge in [-0.25, -0.2) is 0 Å². The Morgan fingerprint density at radius 2 is 2.11 bits per heavy atom. The molecule has 0 saturated carbocycles. The van der Waals surface area contributed by atoms with E-state index in [0.717, 1.165) is 13.1 Å². The van der Waals surface area contributed by atoms with Crippen molar-refractivity contribution in [3.05, 3.63) is 22.4 Å². The van der Waals surface area contributed by atoms with Gasteiger partial charge in [0.05, 0.1) is 0 Å². The zero-order valence-electron chi connectivity index (χ0n) is 11.2. The van der Waals surface area contributed by atoms with Crippen LogP contribution in [0.4, 0.5) is 0 Å². The molecule has 4 heteroatoms. The van der Waals surface area contributed by atoms with E-state index in [1.165, 1.54) is 56.9 Å². The molecule has 0 amide bonds. The second-order valence-corrected chi connectivity index (χ2v) is 5.91. The van der Waals surface area contributed by atoms with Crippen LogP contribution in [0.15, 0.2) is 17.5 Å². The molecule has 2 heterocycles. The molecule has 1 aliphatic heterocycles. The highest BCUT2D eigenvalue weighted by atomic mass is 32.1. The van der Waals surface area contributed by atoms with E-state index in [9.17, 15) is 0 Å². The Kier molecular flexibility index (Phi) is 6.72. The first-order valence-corrected chi connectivity index (χ1v) is 7.99. The van der Waals surface area contributed by atoms with Crippen LogP contribution in [0.3, 0.4) is 0 Å². The van der Waals surface area contributed by atoms with Crippen molar-refractivity contribution in [1.82, 2.24) is 15.5 Å². The van der Waals surface area contributed by atoms with E-state index in [1.54, 1.807) is 0 Å². The van der Waals surface area contributed by atoms with Crippen LogP contribution in [0.5, 0.6) is 0 Å². The van der Waals surface area contributed by atoms with Crippen molar-refractivity contribution >= 4 is 11.3 Å². The summed E-state index contributed by atoms with van der Waals surface area (Å²) >= 11 is 1.86. The second-order valence-electron chi connectivity index (χ2n) is 4.88. The highest BCUT2D eigenvalue weighted by Crippen LogP contribution is 2.08. The quantitative estimate of drug-likeness (QED) is 0.700. The Morgan fingerprint density at radius 1 is 1.22 bits per heavy atom. The SMILES string of the molecule is c1csc(CCNCCCCN2CCNCC2)c1. The average molecular weight is 267 g/mol. The maximum atomic E-state index is 3.54. The lowest BCUT2D eigenvalue weighted by atomic mass is 10.2. The minimum Gasteiger partial charge on any atom is -0.316 e. The van der Waals surface area contributed by atoms with E-state index < -0.39 is 0 Å². The summed E-state index contributed by atoms with van der Waals surface area (Å²) in [7, 11) is 0. The van der Waals surface area contributed by atoms with Crippen molar-refractivity contribution in [2.75, 3.05) is 45.8 Å². The lowest BCUT2D eigenvalue weighted by Crippen LogP contribution is -2.43. The molecule has 1 saturated heterocycles. The first kappa shape index (κ1) is 14.0. The Labute approximate surface area is 115 Å². The zero-order chi connectivity index (χ0) is 12.5. The third-order valence-electron chi connectivity index (χ3n) is 3.42. The van der Waals surface area contributed by atoms with Crippen molar-refractivity contribution in [3.8, 4) is 0 Å². The molecule has 18 heavy (non-hydrogen) atoms. The first-order valence-electron chi connectivity index (χ1n) is 7.11. The molecular formula is C14H25N3S. The highest BCUT2D eigenvalue weighted by Gasteiger charge is 2.07. The molecule has 1 aromatic heterocycles. The molecule has 3 nitrogen and oxygen atoms in total. The fourth-order valence-corrected chi connectivity index (χ4v) is 3.02. The fourth-order valence-electron chi connectivity index (χ4n) is 2.31. The summed E-state index contributed by atoms with van der Waals surface area (Å²) in [6.45, 7) is 8.34. The number of thiophene rings is 1. The van der Waals surface area contributed by atoms with Crippen LogP contribution in [-0.2, 0) is 6.42 Å². The van der Waals surface area contributed by atoms with E-state index >= 15 is 0 Å². The number of unbranched alkanes of at least 4 members (excludes halogenated alkanes) is 1. The van der Waals surface area contributed by atoms with E-state index in [-0.39, 0.29) is 0 Å². The van der Waals surface area contributed by atoms with Gasteiger partial charge in [-0.05, 0) is 50.3 Å². The lowest BCUT2D eigenvalue weighted by Gasteiger charge is -2.27. The summed E-state index contributed by atoms with van der Waals surface area (Å²) in [4.78, 5) is 4.06. The number of hydrogen-bond acceptors (Lipinski definition) is 4. The van der Waals surface area contributed by atoms with Crippen molar-refractivity contribution in [2.24, 2.45) is 0 Å². The van der Waals surface area contributed by atoms with Crippen LogP contribution < -0.4 is 10.6 Å².